The van der Waals surface area contributed by atoms with Crippen LogP contribution in [0, 0.1) is 12.8 Å². The van der Waals surface area contributed by atoms with Crippen LogP contribution in [0.4, 0.5) is 0 Å². The van der Waals surface area contributed by atoms with Crippen LogP contribution >= 0.6 is 12.4 Å². The summed E-state index contributed by atoms with van der Waals surface area (Å²) >= 11 is 0. The van der Waals surface area contributed by atoms with E-state index in [0.29, 0.717) is 0 Å². The first-order chi connectivity index (χ1) is 7.78. The number of aromatic nitrogens is 1. The Labute approximate surface area is 109 Å². The minimum absolute atomic E-state index is 0. The molecule has 0 radical (unpaired) electrons. The average Bonchev–Trinajstić information content (AvgIpc) is 2.67. The minimum Gasteiger partial charge on any atom is -0.360 e. The van der Waals surface area contributed by atoms with Gasteiger partial charge in [-0.15, -0.1) is 12.4 Å². The quantitative estimate of drug-likeness (QED) is 0.896. The zero-order valence-electron chi connectivity index (χ0n) is 10.6. The van der Waals surface area contributed by atoms with E-state index in [9.17, 15) is 0 Å². The lowest BCUT2D eigenvalue weighted by molar-refractivity contribution is 0.161. The van der Waals surface area contributed by atoms with E-state index in [0.717, 1.165) is 30.5 Å². The molecule has 0 spiro atoms. The van der Waals surface area contributed by atoms with Crippen molar-refractivity contribution in [3.8, 4) is 0 Å². The van der Waals surface area contributed by atoms with Crippen LogP contribution in [0.1, 0.15) is 24.3 Å². The molecule has 2 rings (SSSR count). The predicted molar refractivity (Wildman–Crippen MR) is 70.4 cm³/mol. The van der Waals surface area contributed by atoms with Crippen molar-refractivity contribution < 1.29 is 4.52 Å². The summed E-state index contributed by atoms with van der Waals surface area (Å²) < 4.78 is 5.24. The van der Waals surface area contributed by atoms with Gasteiger partial charge in [0, 0.05) is 6.07 Å². The zero-order chi connectivity index (χ0) is 11.4. The lowest BCUT2D eigenvalue weighted by Gasteiger charge is -2.30. The number of rotatable bonds is 4. The van der Waals surface area contributed by atoms with Crippen LogP contribution in [0.2, 0.25) is 0 Å². The number of halogens is 1. The summed E-state index contributed by atoms with van der Waals surface area (Å²) in [6.07, 6.45) is 2.57. The molecular weight excluding hydrogens is 238 g/mol. The van der Waals surface area contributed by atoms with Crippen molar-refractivity contribution in [2.75, 3.05) is 26.7 Å². The topological polar surface area (TPSA) is 41.3 Å². The Bertz CT molecular complexity index is 321. The van der Waals surface area contributed by atoms with Gasteiger partial charge in [0.05, 0.1) is 12.2 Å². The van der Waals surface area contributed by atoms with E-state index >= 15 is 0 Å². The highest BCUT2D eigenvalue weighted by Crippen LogP contribution is 2.18. The number of aryl methyl sites for hydroxylation is 1. The molecule has 1 fully saturated rings. The fourth-order valence-corrected chi connectivity index (χ4v) is 2.35. The fraction of sp³-hybridized carbons (Fsp3) is 0.750. The Hall–Kier alpha value is -0.580. The van der Waals surface area contributed by atoms with E-state index in [1.54, 1.807) is 0 Å². The van der Waals surface area contributed by atoms with Gasteiger partial charge in [-0.05, 0) is 52.4 Å². The van der Waals surface area contributed by atoms with Crippen LogP contribution in [-0.2, 0) is 6.54 Å². The predicted octanol–water partition coefficient (Wildman–Crippen LogP) is 1.84. The summed E-state index contributed by atoms with van der Waals surface area (Å²) in [6, 6.07) is 2.03. The van der Waals surface area contributed by atoms with E-state index in [2.05, 4.69) is 15.4 Å². The fourth-order valence-electron chi connectivity index (χ4n) is 2.35. The first-order valence-electron chi connectivity index (χ1n) is 6.07. The van der Waals surface area contributed by atoms with Crippen LogP contribution in [0.25, 0.3) is 0 Å². The number of likely N-dealkylation sites (tertiary alicyclic amines) is 1. The molecule has 0 aliphatic carbocycles. The van der Waals surface area contributed by atoms with Crippen molar-refractivity contribution in [1.29, 1.82) is 0 Å². The SMILES string of the molecule is CNCC1CCN(Cc2cc(C)no2)CC1.Cl. The van der Waals surface area contributed by atoms with Gasteiger partial charge in [0.25, 0.3) is 0 Å². The maximum Gasteiger partial charge on any atom is 0.150 e. The molecular formula is C12H22ClN3O. The number of hydrogen-bond acceptors (Lipinski definition) is 4. The van der Waals surface area contributed by atoms with Crippen molar-refractivity contribution in [3.05, 3.63) is 17.5 Å². The van der Waals surface area contributed by atoms with Crippen molar-refractivity contribution >= 4 is 12.4 Å². The van der Waals surface area contributed by atoms with Gasteiger partial charge in [-0.1, -0.05) is 5.16 Å². The molecule has 0 amide bonds. The Morgan fingerprint density at radius 2 is 2.18 bits per heavy atom. The lowest BCUT2D eigenvalue weighted by Crippen LogP contribution is -2.36. The highest BCUT2D eigenvalue weighted by atomic mass is 35.5. The third-order valence-electron chi connectivity index (χ3n) is 3.26. The van der Waals surface area contributed by atoms with E-state index in [-0.39, 0.29) is 12.4 Å². The smallest absolute Gasteiger partial charge is 0.150 e. The number of hydrogen-bond donors (Lipinski definition) is 1. The molecule has 0 bridgehead atoms. The van der Waals surface area contributed by atoms with Gasteiger partial charge in [-0.25, -0.2) is 0 Å². The molecule has 17 heavy (non-hydrogen) atoms. The standard InChI is InChI=1S/C12H21N3O.ClH/c1-10-7-12(16-14-10)9-15-5-3-11(4-6-15)8-13-2;/h7,11,13H,3-6,8-9H2,1-2H3;1H. The van der Waals surface area contributed by atoms with E-state index in [4.69, 9.17) is 4.52 Å². The molecule has 5 heteroatoms. The average molecular weight is 260 g/mol. The highest BCUT2D eigenvalue weighted by Gasteiger charge is 2.19. The van der Waals surface area contributed by atoms with Crippen molar-refractivity contribution in [1.82, 2.24) is 15.4 Å². The van der Waals surface area contributed by atoms with Gasteiger partial charge in [-0.2, -0.15) is 0 Å². The molecule has 98 valence electrons. The summed E-state index contributed by atoms with van der Waals surface area (Å²) in [5.74, 6) is 1.84. The maximum atomic E-state index is 5.24. The molecule has 1 aliphatic rings. The molecule has 2 heterocycles. The molecule has 1 N–H and O–H groups in total. The second kappa shape index (κ2) is 6.99. The summed E-state index contributed by atoms with van der Waals surface area (Å²) in [5, 5.41) is 7.17. The van der Waals surface area contributed by atoms with Gasteiger partial charge in [0.2, 0.25) is 0 Å². The van der Waals surface area contributed by atoms with Crippen molar-refractivity contribution in [3.63, 3.8) is 0 Å². The minimum atomic E-state index is 0. The molecule has 0 aromatic carbocycles. The van der Waals surface area contributed by atoms with E-state index in [1.807, 2.05) is 20.0 Å². The molecule has 1 aliphatic heterocycles. The molecule has 0 atom stereocenters. The largest absolute Gasteiger partial charge is 0.360 e. The molecule has 0 saturated carbocycles. The Morgan fingerprint density at radius 3 is 2.71 bits per heavy atom. The van der Waals surface area contributed by atoms with Crippen LogP contribution < -0.4 is 5.32 Å². The Morgan fingerprint density at radius 1 is 1.47 bits per heavy atom. The first kappa shape index (κ1) is 14.5. The van der Waals surface area contributed by atoms with Crippen LogP contribution in [0.15, 0.2) is 10.6 Å². The van der Waals surface area contributed by atoms with E-state index < -0.39 is 0 Å². The monoisotopic (exact) mass is 259 g/mol. The molecule has 0 unspecified atom stereocenters. The zero-order valence-corrected chi connectivity index (χ0v) is 11.4. The van der Waals surface area contributed by atoms with E-state index in [1.165, 1.54) is 25.9 Å². The summed E-state index contributed by atoms with van der Waals surface area (Å²) in [6.45, 7) is 6.37. The molecule has 1 saturated heterocycles. The normalized spacial score (nSPS) is 18.0. The van der Waals surface area contributed by atoms with Crippen LogP contribution in [-0.4, -0.2) is 36.7 Å². The number of piperidine rings is 1. The molecule has 1 aromatic heterocycles. The van der Waals surface area contributed by atoms with Gasteiger partial charge < -0.3 is 9.84 Å². The molecule has 1 aromatic rings. The van der Waals surface area contributed by atoms with Crippen molar-refractivity contribution in [2.45, 2.75) is 26.3 Å². The van der Waals surface area contributed by atoms with Gasteiger partial charge >= 0.3 is 0 Å². The van der Waals surface area contributed by atoms with Gasteiger partial charge in [-0.3, -0.25) is 4.90 Å². The lowest BCUT2D eigenvalue weighted by atomic mass is 9.97. The number of nitrogens with one attached hydrogen (secondary N) is 1. The highest BCUT2D eigenvalue weighted by molar-refractivity contribution is 5.85. The van der Waals surface area contributed by atoms with Gasteiger partial charge in [0.15, 0.2) is 5.76 Å². The van der Waals surface area contributed by atoms with Gasteiger partial charge in [0.1, 0.15) is 0 Å². The summed E-state index contributed by atoms with van der Waals surface area (Å²) in [7, 11) is 2.03. The summed E-state index contributed by atoms with van der Waals surface area (Å²) in [5.41, 5.74) is 0.972. The maximum absolute atomic E-state index is 5.24. The number of nitrogens with zero attached hydrogens (tertiary/aromatic N) is 2. The first-order valence-corrected chi connectivity index (χ1v) is 6.07. The molecule has 4 nitrogen and oxygen atoms in total. The second-order valence-electron chi connectivity index (χ2n) is 4.71. The van der Waals surface area contributed by atoms with Crippen LogP contribution in [0.5, 0.6) is 0 Å². The second-order valence-corrected chi connectivity index (χ2v) is 4.71. The third kappa shape index (κ3) is 4.30. The van der Waals surface area contributed by atoms with Crippen LogP contribution in [0.3, 0.4) is 0 Å². The van der Waals surface area contributed by atoms with Crippen molar-refractivity contribution in [2.24, 2.45) is 5.92 Å². The Kier molecular flexibility index (Phi) is 5.95. The Balaban J connectivity index is 0.00000144. The third-order valence-corrected chi connectivity index (χ3v) is 3.26. The summed E-state index contributed by atoms with van der Waals surface area (Å²) in [4.78, 5) is 2.45.